The smallest absolute Gasteiger partial charge is 0.394 e. The highest BCUT2D eigenvalue weighted by atomic mass is 31.2. The first kappa shape index (κ1) is 19.3. The molecule has 0 spiro atoms. The summed E-state index contributed by atoms with van der Waals surface area (Å²) in [5.74, 6) is 0. The largest absolute Gasteiger partial charge is 0.487 e. The van der Waals surface area contributed by atoms with Crippen LogP contribution in [0.2, 0.25) is 0 Å². The lowest BCUT2D eigenvalue weighted by atomic mass is 10.2. The quantitative estimate of drug-likeness (QED) is 0.305. The molecular formula is C9H13FN3O9P. The molecule has 130 valence electrons. The summed E-state index contributed by atoms with van der Waals surface area (Å²) >= 11 is 0. The Morgan fingerprint density at radius 2 is 2.13 bits per heavy atom. The number of H-pyrrole nitrogens is 1. The molecule has 0 radical (unpaired) electrons. The number of nitrogens with zero attached hydrogens (tertiary/aromatic N) is 2. The van der Waals surface area contributed by atoms with Crippen molar-refractivity contribution in [1.29, 1.82) is 0 Å². The minimum absolute atomic E-state index is 0.301. The summed E-state index contributed by atoms with van der Waals surface area (Å²) in [7, 11) is -4.85. The zero-order chi connectivity index (χ0) is 17.6. The molecule has 2 unspecified atom stereocenters. The Kier molecular flexibility index (Phi) is 6.87. The molecule has 0 amide bonds. The van der Waals surface area contributed by atoms with E-state index in [1.54, 1.807) is 9.93 Å². The Bertz CT molecular complexity index is 691. The normalized spacial score (nSPS) is 17.9. The first-order valence-electron chi connectivity index (χ1n) is 5.92. The van der Waals surface area contributed by atoms with Crippen LogP contribution in [0.1, 0.15) is 6.48 Å². The van der Waals surface area contributed by atoms with Crippen molar-refractivity contribution in [2.45, 2.75) is 18.7 Å². The fraction of sp³-hybridized carbons (Fsp3) is 0.556. The van der Waals surface area contributed by atoms with Crippen LogP contribution in [0.15, 0.2) is 26.8 Å². The van der Waals surface area contributed by atoms with E-state index in [-0.39, 0.29) is 0 Å². The highest BCUT2D eigenvalue weighted by Gasteiger charge is 2.29. The second-order valence-corrected chi connectivity index (χ2v) is 5.50. The topological polar surface area (TPSA) is 181 Å². The lowest BCUT2D eigenvalue weighted by Crippen LogP contribution is -2.39. The summed E-state index contributed by atoms with van der Waals surface area (Å²) in [6.45, 7) is -4.46. The Hall–Kier alpha value is -1.76. The average molecular weight is 357 g/mol. The average Bonchev–Trinajstić information content (AvgIpc) is 2.50. The molecular weight excluding hydrogens is 344 g/mol. The molecule has 14 heteroatoms. The number of hydrogen-bond donors (Lipinski definition) is 4. The van der Waals surface area contributed by atoms with Gasteiger partial charge in [0, 0.05) is 17.2 Å². The minimum Gasteiger partial charge on any atom is -0.394 e. The van der Waals surface area contributed by atoms with E-state index in [1.807, 2.05) is 0 Å². The third-order valence-corrected chi connectivity index (χ3v) is 3.18. The first-order chi connectivity index (χ1) is 10.7. The van der Waals surface area contributed by atoms with E-state index < -0.39 is 50.9 Å². The van der Waals surface area contributed by atoms with Crippen LogP contribution >= 0.6 is 7.75 Å². The van der Waals surface area contributed by atoms with Crippen molar-refractivity contribution in [3.8, 4) is 0 Å². The maximum absolute atomic E-state index is 13.9. The van der Waals surface area contributed by atoms with Crippen LogP contribution < -0.4 is 11.2 Å². The third-order valence-electron chi connectivity index (χ3n) is 2.48. The van der Waals surface area contributed by atoms with Crippen LogP contribution in [-0.4, -0.2) is 50.1 Å². The van der Waals surface area contributed by atoms with Crippen LogP contribution in [0.4, 0.5) is 4.39 Å². The standard InChI is InChI=1S/C9H13FN3O9P/c10-8(13-2-1-7(16)11-9(13)17)22-6(5(15)3-14)4-21-23(19,20)12-18/h1-2,5-6,8,14-15H,3-4H2,(H,19,20)(H,11,16,17)/t5-,6?,8-/m1/s1. The summed E-state index contributed by atoms with van der Waals surface area (Å²) in [5.41, 5.74) is -1.95. The summed E-state index contributed by atoms with van der Waals surface area (Å²) in [4.78, 5) is 44.6. The van der Waals surface area contributed by atoms with Crippen molar-refractivity contribution in [2.24, 2.45) is 4.95 Å². The van der Waals surface area contributed by atoms with Crippen LogP contribution in [0, 0.1) is 4.91 Å². The lowest BCUT2D eigenvalue weighted by molar-refractivity contribution is -0.181. The van der Waals surface area contributed by atoms with Gasteiger partial charge in [-0.15, -0.1) is 4.91 Å². The van der Waals surface area contributed by atoms with E-state index >= 15 is 0 Å². The Morgan fingerprint density at radius 1 is 1.48 bits per heavy atom. The molecule has 1 heterocycles. The molecule has 4 N–H and O–H groups in total. The van der Waals surface area contributed by atoms with Gasteiger partial charge in [0.2, 0.25) is 0 Å². The third kappa shape index (κ3) is 5.74. The van der Waals surface area contributed by atoms with Gasteiger partial charge in [-0.05, 0) is 0 Å². The molecule has 0 bridgehead atoms. The van der Waals surface area contributed by atoms with Crippen molar-refractivity contribution < 1.29 is 33.3 Å². The van der Waals surface area contributed by atoms with Gasteiger partial charge in [-0.25, -0.2) is 13.9 Å². The van der Waals surface area contributed by atoms with Gasteiger partial charge in [0.1, 0.15) is 12.2 Å². The number of aliphatic hydroxyl groups is 2. The van der Waals surface area contributed by atoms with E-state index in [4.69, 9.17) is 10.00 Å². The molecule has 1 rings (SSSR count). The van der Waals surface area contributed by atoms with Gasteiger partial charge in [-0.1, -0.05) is 0 Å². The first-order valence-corrected chi connectivity index (χ1v) is 7.45. The Labute approximate surface area is 126 Å². The van der Waals surface area contributed by atoms with Crippen molar-refractivity contribution in [2.75, 3.05) is 13.2 Å². The highest BCUT2D eigenvalue weighted by Crippen LogP contribution is 2.43. The van der Waals surface area contributed by atoms with Crippen molar-refractivity contribution in [1.82, 2.24) is 9.55 Å². The van der Waals surface area contributed by atoms with Gasteiger partial charge >= 0.3 is 13.4 Å². The highest BCUT2D eigenvalue weighted by molar-refractivity contribution is 7.51. The van der Waals surface area contributed by atoms with Gasteiger partial charge in [-0.2, -0.15) is 4.39 Å². The number of hydrogen-bond acceptors (Lipinski definition) is 8. The van der Waals surface area contributed by atoms with Crippen molar-refractivity contribution >= 4 is 7.75 Å². The summed E-state index contributed by atoms with van der Waals surface area (Å²) in [5, 5.41) is 18.3. The van der Waals surface area contributed by atoms with Gasteiger partial charge in [-0.3, -0.25) is 14.3 Å². The molecule has 0 aromatic carbocycles. The summed E-state index contributed by atoms with van der Waals surface area (Å²) in [6.07, 6.45) is -2.73. The number of nitroso groups, excluding NO2 is 1. The predicted octanol–water partition coefficient (Wildman–Crippen LogP) is -1.42. The predicted molar refractivity (Wildman–Crippen MR) is 71.0 cm³/mol. The van der Waals surface area contributed by atoms with E-state index in [0.29, 0.717) is 4.57 Å². The van der Waals surface area contributed by atoms with Gasteiger partial charge in [0.05, 0.1) is 13.2 Å². The Balaban J connectivity index is 2.87. The fourth-order valence-corrected chi connectivity index (χ4v) is 1.74. The SMILES string of the molecule is O=NP(=O)(O)OCC(O[C@H](F)n1ccc(=O)[nH]c1=O)[C@H](O)CO. The molecule has 0 aliphatic heterocycles. The van der Waals surface area contributed by atoms with E-state index in [2.05, 4.69) is 9.26 Å². The maximum atomic E-state index is 13.9. The number of aromatic nitrogens is 2. The van der Waals surface area contributed by atoms with Gasteiger partial charge < -0.3 is 19.8 Å². The van der Waals surface area contributed by atoms with Crippen LogP contribution in [0.25, 0.3) is 0 Å². The minimum atomic E-state index is -4.85. The zero-order valence-electron chi connectivity index (χ0n) is 11.3. The molecule has 0 aliphatic carbocycles. The Morgan fingerprint density at radius 3 is 2.65 bits per heavy atom. The number of halogens is 1. The van der Waals surface area contributed by atoms with E-state index in [1.165, 1.54) is 0 Å². The molecule has 12 nitrogen and oxygen atoms in total. The molecule has 1 aromatic heterocycles. The number of rotatable bonds is 9. The molecule has 1 aromatic rings. The number of nitrogens with one attached hydrogen (secondary N) is 1. The monoisotopic (exact) mass is 357 g/mol. The van der Waals surface area contributed by atoms with E-state index in [0.717, 1.165) is 12.3 Å². The second kappa shape index (κ2) is 8.19. The summed E-state index contributed by atoms with van der Waals surface area (Å²) in [6, 6.07) is 0.823. The maximum Gasteiger partial charge on any atom is 0.487 e. The van der Waals surface area contributed by atoms with Crippen LogP contribution in [-0.2, 0) is 13.8 Å². The number of alkyl halides is 1. The van der Waals surface area contributed by atoms with Crippen LogP contribution in [0.5, 0.6) is 0 Å². The number of ether oxygens (including phenoxy) is 1. The van der Waals surface area contributed by atoms with Crippen LogP contribution in [0.3, 0.4) is 0 Å². The lowest BCUT2D eigenvalue weighted by Gasteiger charge is -2.24. The molecule has 4 atom stereocenters. The molecule has 0 saturated heterocycles. The fourth-order valence-electron chi connectivity index (χ4n) is 1.35. The summed E-state index contributed by atoms with van der Waals surface area (Å²) < 4.78 is 33.9. The number of aliphatic hydroxyl groups excluding tert-OH is 2. The molecule has 0 saturated carbocycles. The van der Waals surface area contributed by atoms with Crippen molar-refractivity contribution in [3.63, 3.8) is 0 Å². The molecule has 0 fully saturated rings. The van der Waals surface area contributed by atoms with E-state index in [9.17, 15) is 28.6 Å². The molecule has 0 aliphatic rings. The van der Waals surface area contributed by atoms with Gasteiger partial charge in [0.25, 0.3) is 12.0 Å². The molecule has 23 heavy (non-hydrogen) atoms. The van der Waals surface area contributed by atoms with Gasteiger partial charge in [0.15, 0.2) is 0 Å². The zero-order valence-corrected chi connectivity index (χ0v) is 12.2. The second-order valence-electron chi connectivity index (χ2n) is 4.10. The van der Waals surface area contributed by atoms with Crippen molar-refractivity contribution in [3.05, 3.63) is 38.0 Å². The number of aromatic amines is 1.